The third kappa shape index (κ3) is 5.44. The maximum Gasteiger partial charge on any atom is 0.306 e. The molecule has 0 aliphatic rings. The molecule has 146 valence electrons. The molecule has 27 heavy (non-hydrogen) atoms. The minimum absolute atomic E-state index is 0.00967. The molecule has 0 radical (unpaired) electrons. The molecule has 6 heteroatoms. The highest BCUT2D eigenvalue weighted by Gasteiger charge is 2.18. The number of benzene rings is 1. The number of methoxy groups -OCH3 is 1. The van der Waals surface area contributed by atoms with Crippen LogP contribution in [-0.4, -0.2) is 34.9 Å². The number of esters is 1. The summed E-state index contributed by atoms with van der Waals surface area (Å²) in [6, 6.07) is 7.81. The molecule has 6 nitrogen and oxygen atoms in total. The Hall–Kier alpha value is -2.60. The zero-order chi connectivity index (χ0) is 19.8. The Morgan fingerprint density at radius 2 is 1.81 bits per heavy atom. The van der Waals surface area contributed by atoms with E-state index in [0.717, 1.165) is 29.0 Å². The summed E-state index contributed by atoms with van der Waals surface area (Å²) >= 11 is 0. The predicted molar refractivity (Wildman–Crippen MR) is 102 cm³/mol. The van der Waals surface area contributed by atoms with E-state index in [4.69, 9.17) is 9.47 Å². The van der Waals surface area contributed by atoms with Crippen molar-refractivity contribution < 1.29 is 24.5 Å². The summed E-state index contributed by atoms with van der Waals surface area (Å²) < 4.78 is 10.2. The van der Waals surface area contributed by atoms with Crippen molar-refractivity contribution in [3.63, 3.8) is 0 Å². The van der Waals surface area contributed by atoms with E-state index in [-0.39, 0.29) is 24.7 Å². The number of nitrogens with zero attached hydrogens (tertiary/aromatic N) is 1. The smallest absolute Gasteiger partial charge is 0.306 e. The van der Waals surface area contributed by atoms with Crippen LogP contribution in [0.1, 0.15) is 41.4 Å². The Bertz CT molecular complexity index is 771. The fraction of sp³-hybridized carbons (Fsp3) is 0.429. The number of ether oxygens (including phenoxy) is 2. The lowest BCUT2D eigenvalue weighted by molar-refractivity contribution is -0.143. The first-order chi connectivity index (χ1) is 13.0. The summed E-state index contributed by atoms with van der Waals surface area (Å²) in [7, 11) is 1.63. The fourth-order valence-electron chi connectivity index (χ4n) is 3.05. The van der Waals surface area contributed by atoms with Crippen molar-refractivity contribution >= 4 is 5.97 Å². The van der Waals surface area contributed by atoms with Gasteiger partial charge < -0.3 is 19.7 Å². The zero-order valence-electron chi connectivity index (χ0n) is 16.1. The number of hydrogen-bond donors (Lipinski definition) is 2. The maximum absolute atomic E-state index is 11.7. The zero-order valence-corrected chi connectivity index (χ0v) is 16.1. The highest BCUT2D eigenvalue weighted by atomic mass is 16.5. The van der Waals surface area contributed by atoms with Gasteiger partial charge in [-0.3, -0.25) is 9.78 Å². The molecule has 0 unspecified atom stereocenters. The van der Waals surface area contributed by atoms with Crippen LogP contribution in [0.4, 0.5) is 0 Å². The molecular weight excluding hydrogens is 346 g/mol. The summed E-state index contributed by atoms with van der Waals surface area (Å²) in [6.45, 7) is 3.49. The van der Waals surface area contributed by atoms with Crippen LogP contribution in [0.25, 0.3) is 0 Å². The third-order valence-corrected chi connectivity index (χ3v) is 4.50. The molecule has 0 amide bonds. The van der Waals surface area contributed by atoms with Gasteiger partial charge in [0.05, 0.1) is 26.0 Å². The number of carbonyl (C=O) groups excluding carboxylic acids is 1. The molecule has 1 aromatic heterocycles. The number of rotatable bonds is 9. The second-order valence-electron chi connectivity index (χ2n) is 6.26. The second kappa shape index (κ2) is 9.92. The lowest BCUT2D eigenvalue weighted by atomic mass is 9.96. The molecule has 1 aromatic carbocycles. The summed E-state index contributed by atoms with van der Waals surface area (Å²) in [5.41, 5.74) is 3.56. The minimum Gasteiger partial charge on any atom is -0.506 e. The summed E-state index contributed by atoms with van der Waals surface area (Å²) in [5, 5.41) is 20.0. The van der Waals surface area contributed by atoms with Crippen molar-refractivity contribution in [3.05, 3.63) is 52.3 Å². The molecule has 0 saturated heterocycles. The van der Waals surface area contributed by atoms with Crippen molar-refractivity contribution in [2.45, 2.75) is 46.1 Å². The summed E-state index contributed by atoms with van der Waals surface area (Å²) in [6.07, 6.45) is 1.94. The lowest BCUT2D eigenvalue weighted by Gasteiger charge is -2.16. The second-order valence-corrected chi connectivity index (χ2v) is 6.26. The number of aromatic nitrogens is 1. The lowest BCUT2D eigenvalue weighted by Crippen LogP contribution is -2.11. The highest BCUT2D eigenvalue weighted by Crippen LogP contribution is 2.28. The van der Waals surface area contributed by atoms with Crippen molar-refractivity contribution in [1.29, 1.82) is 0 Å². The highest BCUT2D eigenvalue weighted by molar-refractivity contribution is 5.70. The van der Waals surface area contributed by atoms with Crippen LogP contribution in [-0.2, 0) is 35.4 Å². The summed E-state index contributed by atoms with van der Waals surface area (Å²) in [5.74, 6) is 0.488. The van der Waals surface area contributed by atoms with Crippen LogP contribution in [0.5, 0.6) is 11.5 Å². The van der Waals surface area contributed by atoms with Gasteiger partial charge in [0.2, 0.25) is 0 Å². The quantitative estimate of drug-likeness (QED) is 0.657. The predicted octanol–water partition coefficient (Wildman–Crippen LogP) is 2.88. The maximum atomic E-state index is 11.7. The molecule has 0 saturated carbocycles. The number of aliphatic hydroxyl groups is 1. The van der Waals surface area contributed by atoms with Crippen molar-refractivity contribution in [2.75, 3.05) is 13.7 Å². The number of aromatic hydroxyl groups is 1. The Labute approximate surface area is 159 Å². The Morgan fingerprint density at radius 3 is 2.41 bits per heavy atom. The van der Waals surface area contributed by atoms with Gasteiger partial charge in [-0.05, 0) is 56.4 Å². The van der Waals surface area contributed by atoms with E-state index in [9.17, 15) is 15.0 Å². The standard InChI is InChI=1S/C21H27NO5/c1-4-27-20(24)12-10-17-18(13-23)21(25)14(2)22-19(17)11-7-15-5-8-16(26-3)9-6-15/h5-6,8-9,23,25H,4,7,10-13H2,1-3H3. The Kier molecular flexibility index (Phi) is 7.61. The minimum atomic E-state index is -0.303. The molecule has 2 rings (SSSR count). The topological polar surface area (TPSA) is 88.9 Å². The number of aliphatic hydroxyl groups excluding tert-OH is 1. The van der Waals surface area contributed by atoms with E-state index in [1.54, 1.807) is 21.0 Å². The molecule has 0 spiro atoms. The van der Waals surface area contributed by atoms with Crippen molar-refractivity contribution in [1.82, 2.24) is 4.98 Å². The van der Waals surface area contributed by atoms with Crippen molar-refractivity contribution in [3.8, 4) is 11.5 Å². The molecular formula is C21H27NO5. The number of pyridine rings is 1. The largest absolute Gasteiger partial charge is 0.506 e. The van der Waals surface area contributed by atoms with E-state index in [1.165, 1.54) is 0 Å². The van der Waals surface area contributed by atoms with E-state index in [0.29, 0.717) is 30.7 Å². The van der Waals surface area contributed by atoms with E-state index in [1.807, 2.05) is 24.3 Å². The molecule has 0 atom stereocenters. The molecule has 0 bridgehead atoms. The number of carbonyl (C=O) groups is 1. The van der Waals surface area contributed by atoms with Gasteiger partial charge in [0.1, 0.15) is 11.5 Å². The normalized spacial score (nSPS) is 10.7. The molecule has 2 N–H and O–H groups in total. The third-order valence-electron chi connectivity index (χ3n) is 4.50. The van der Waals surface area contributed by atoms with E-state index >= 15 is 0 Å². The molecule has 2 aromatic rings. The van der Waals surface area contributed by atoms with Gasteiger partial charge in [0.15, 0.2) is 0 Å². The van der Waals surface area contributed by atoms with E-state index < -0.39 is 0 Å². The molecule has 0 fully saturated rings. The number of aryl methyl sites for hydroxylation is 3. The van der Waals surface area contributed by atoms with Crippen molar-refractivity contribution in [2.24, 2.45) is 0 Å². The summed E-state index contributed by atoms with van der Waals surface area (Å²) in [4.78, 5) is 16.3. The monoisotopic (exact) mass is 373 g/mol. The first-order valence-electron chi connectivity index (χ1n) is 9.09. The van der Waals surface area contributed by atoms with Crippen LogP contribution in [0, 0.1) is 6.92 Å². The Balaban J connectivity index is 2.23. The van der Waals surface area contributed by atoms with Gasteiger partial charge in [-0.1, -0.05) is 12.1 Å². The van der Waals surface area contributed by atoms with Gasteiger partial charge in [0.25, 0.3) is 0 Å². The van der Waals surface area contributed by atoms with Gasteiger partial charge >= 0.3 is 5.97 Å². The van der Waals surface area contributed by atoms with Gasteiger partial charge in [-0.15, -0.1) is 0 Å². The fourth-order valence-corrected chi connectivity index (χ4v) is 3.05. The van der Waals surface area contributed by atoms with Gasteiger partial charge in [-0.25, -0.2) is 0 Å². The van der Waals surface area contributed by atoms with E-state index in [2.05, 4.69) is 4.98 Å². The first-order valence-corrected chi connectivity index (χ1v) is 9.09. The molecule has 0 aliphatic heterocycles. The van der Waals surface area contributed by atoms with Gasteiger partial charge in [-0.2, -0.15) is 0 Å². The first kappa shape index (κ1) is 20.7. The van der Waals surface area contributed by atoms with Crippen LogP contribution >= 0.6 is 0 Å². The van der Waals surface area contributed by atoms with Crippen LogP contribution in [0.15, 0.2) is 24.3 Å². The molecule has 0 aliphatic carbocycles. The average Bonchev–Trinajstić information content (AvgIpc) is 2.68. The van der Waals surface area contributed by atoms with Crippen LogP contribution < -0.4 is 4.74 Å². The SMILES string of the molecule is CCOC(=O)CCc1c(CCc2ccc(OC)cc2)nc(C)c(O)c1CO. The van der Waals surface area contributed by atoms with Crippen LogP contribution in [0.3, 0.4) is 0 Å². The average molecular weight is 373 g/mol. The van der Waals surface area contributed by atoms with Crippen LogP contribution in [0.2, 0.25) is 0 Å². The van der Waals surface area contributed by atoms with Gasteiger partial charge in [0, 0.05) is 17.7 Å². The number of hydrogen-bond acceptors (Lipinski definition) is 6. The Morgan fingerprint density at radius 1 is 1.11 bits per heavy atom. The molecule has 1 heterocycles.